The first kappa shape index (κ1) is 12.6. The molecule has 3 amide bonds. The maximum absolute atomic E-state index is 10.9. The van der Waals surface area contributed by atoms with Crippen molar-refractivity contribution in [2.75, 3.05) is 6.54 Å². The third-order valence-electron chi connectivity index (χ3n) is 1.06. The number of hydrogen-bond donors (Lipinski definition) is 3. The SMILES string of the molecule is C=C(Br)C(=O)NNC(=O)CNC(C)=O. The molecule has 0 aromatic rings. The number of carbonyl (C=O) groups excluding carboxylic acids is 3. The van der Waals surface area contributed by atoms with Gasteiger partial charge in [-0.05, 0) is 15.9 Å². The highest BCUT2D eigenvalue weighted by Crippen LogP contribution is 1.97. The number of halogens is 1. The van der Waals surface area contributed by atoms with Gasteiger partial charge >= 0.3 is 0 Å². The standard InChI is InChI=1S/C7H10BrN3O3/c1-4(8)7(14)11-10-6(13)3-9-5(2)12/h1,3H2,2H3,(H,9,12)(H,10,13)(H,11,14). The second kappa shape index (κ2) is 6.14. The molecule has 0 aromatic heterocycles. The van der Waals surface area contributed by atoms with Gasteiger partial charge in [-0.15, -0.1) is 0 Å². The van der Waals surface area contributed by atoms with Crippen molar-refractivity contribution in [3.05, 3.63) is 11.1 Å². The van der Waals surface area contributed by atoms with Gasteiger partial charge in [0.15, 0.2) is 0 Å². The lowest BCUT2D eigenvalue weighted by Gasteiger charge is -2.06. The predicted molar refractivity (Wildman–Crippen MR) is 53.0 cm³/mol. The summed E-state index contributed by atoms with van der Waals surface area (Å²) in [6.45, 7) is 4.38. The van der Waals surface area contributed by atoms with E-state index >= 15 is 0 Å². The van der Waals surface area contributed by atoms with Crippen molar-refractivity contribution < 1.29 is 14.4 Å². The third kappa shape index (κ3) is 6.18. The molecule has 6 nitrogen and oxygen atoms in total. The van der Waals surface area contributed by atoms with Gasteiger partial charge in [-0.1, -0.05) is 6.58 Å². The topological polar surface area (TPSA) is 87.3 Å². The highest BCUT2D eigenvalue weighted by molar-refractivity contribution is 9.12. The largest absolute Gasteiger partial charge is 0.347 e. The fraction of sp³-hybridized carbons (Fsp3) is 0.286. The summed E-state index contributed by atoms with van der Waals surface area (Å²) in [6.07, 6.45) is 0. The van der Waals surface area contributed by atoms with Crippen LogP contribution in [0.4, 0.5) is 0 Å². The van der Waals surface area contributed by atoms with E-state index in [4.69, 9.17) is 0 Å². The van der Waals surface area contributed by atoms with Gasteiger partial charge in [0.1, 0.15) is 0 Å². The first-order valence-electron chi connectivity index (χ1n) is 3.61. The van der Waals surface area contributed by atoms with Crippen LogP contribution in [0.2, 0.25) is 0 Å². The molecule has 0 atom stereocenters. The summed E-state index contributed by atoms with van der Waals surface area (Å²) in [6, 6.07) is 0. The number of nitrogens with one attached hydrogen (secondary N) is 3. The molecular weight excluding hydrogens is 254 g/mol. The van der Waals surface area contributed by atoms with Crippen LogP contribution in [0, 0.1) is 0 Å². The second-order valence-electron chi connectivity index (χ2n) is 2.32. The van der Waals surface area contributed by atoms with Crippen LogP contribution in [-0.4, -0.2) is 24.3 Å². The number of carbonyl (C=O) groups is 3. The molecule has 0 aliphatic rings. The molecule has 0 rings (SSSR count). The van der Waals surface area contributed by atoms with Crippen molar-refractivity contribution >= 4 is 33.7 Å². The Balaban J connectivity index is 3.69. The molecule has 0 aliphatic heterocycles. The normalized spacial score (nSPS) is 8.71. The Kier molecular flexibility index (Phi) is 5.54. The van der Waals surface area contributed by atoms with Gasteiger partial charge in [-0.3, -0.25) is 25.2 Å². The van der Waals surface area contributed by atoms with E-state index in [9.17, 15) is 14.4 Å². The van der Waals surface area contributed by atoms with Crippen LogP contribution in [0.5, 0.6) is 0 Å². The molecule has 0 bridgehead atoms. The number of hydrazine groups is 1. The van der Waals surface area contributed by atoms with Crippen molar-refractivity contribution in [3.8, 4) is 0 Å². The zero-order valence-electron chi connectivity index (χ0n) is 7.52. The lowest BCUT2D eigenvalue weighted by molar-refractivity contribution is -0.128. The van der Waals surface area contributed by atoms with Crippen LogP contribution in [0.3, 0.4) is 0 Å². The predicted octanol–water partition coefficient (Wildman–Crippen LogP) is -0.822. The Hall–Kier alpha value is -1.37. The smallest absolute Gasteiger partial charge is 0.276 e. The van der Waals surface area contributed by atoms with E-state index < -0.39 is 11.8 Å². The Bertz CT molecular complexity index is 277. The minimum Gasteiger partial charge on any atom is -0.347 e. The van der Waals surface area contributed by atoms with Gasteiger partial charge in [0.2, 0.25) is 5.91 Å². The van der Waals surface area contributed by atoms with Crippen molar-refractivity contribution in [3.63, 3.8) is 0 Å². The molecule has 78 valence electrons. The minimum atomic E-state index is -0.554. The molecule has 0 heterocycles. The van der Waals surface area contributed by atoms with Gasteiger partial charge in [-0.25, -0.2) is 0 Å². The van der Waals surface area contributed by atoms with Crippen LogP contribution in [0.25, 0.3) is 0 Å². The molecule has 0 fully saturated rings. The molecule has 14 heavy (non-hydrogen) atoms. The van der Waals surface area contributed by atoms with Crippen LogP contribution >= 0.6 is 15.9 Å². The summed E-state index contributed by atoms with van der Waals surface area (Å²) >= 11 is 2.82. The monoisotopic (exact) mass is 263 g/mol. The van der Waals surface area contributed by atoms with Gasteiger partial charge in [0.05, 0.1) is 11.0 Å². The van der Waals surface area contributed by atoms with Gasteiger partial charge in [-0.2, -0.15) is 0 Å². The first-order chi connectivity index (χ1) is 6.43. The maximum atomic E-state index is 10.9. The van der Waals surface area contributed by atoms with E-state index in [1.54, 1.807) is 0 Å². The van der Waals surface area contributed by atoms with E-state index in [1.807, 2.05) is 0 Å². The van der Waals surface area contributed by atoms with Crippen molar-refractivity contribution in [1.29, 1.82) is 0 Å². The summed E-state index contributed by atoms with van der Waals surface area (Å²) in [4.78, 5) is 32.1. The third-order valence-corrected chi connectivity index (χ3v) is 1.42. The zero-order valence-corrected chi connectivity index (χ0v) is 9.10. The van der Waals surface area contributed by atoms with Crippen LogP contribution in [-0.2, 0) is 14.4 Å². The lowest BCUT2D eigenvalue weighted by atomic mass is 10.5. The molecule has 0 spiro atoms. The molecule has 0 unspecified atom stereocenters. The molecule has 0 aromatic carbocycles. The van der Waals surface area contributed by atoms with E-state index in [0.29, 0.717) is 0 Å². The molecular formula is C7H10BrN3O3. The van der Waals surface area contributed by atoms with E-state index in [0.717, 1.165) is 0 Å². The molecule has 0 saturated carbocycles. The lowest BCUT2D eigenvalue weighted by Crippen LogP contribution is -2.46. The highest BCUT2D eigenvalue weighted by atomic mass is 79.9. The quantitative estimate of drug-likeness (QED) is 0.459. The second-order valence-corrected chi connectivity index (χ2v) is 3.27. The summed E-state index contributed by atoms with van der Waals surface area (Å²) in [7, 11) is 0. The summed E-state index contributed by atoms with van der Waals surface area (Å²) < 4.78 is 0.0947. The van der Waals surface area contributed by atoms with Gasteiger partial charge < -0.3 is 5.32 Å². The Morgan fingerprint density at radius 1 is 1.29 bits per heavy atom. The molecule has 0 radical (unpaired) electrons. The van der Waals surface area contributed by atoms with Crippen LogP contribution in [0.1, 0.15) is 6.92 Å². The number of amides is 3. The van der Waals surface area contributed by atoms with Gasteiger partial charge in [0, 0.05) is 6.92 Å². The fourth-order valence-corrected chi connectivity index (χ4v) is 0.542. The van der Waals surface area contributed by atoms with Crippen molar-refractivity contribution in [2.24, 2.45) is 0 Å². The summed E-state index contributed by atoms with van der Waals surface area (Å²) in [5, 5.41) is 2.26. The molecule has 0 saturated heterocycles. The Morgan fingerprint density at radius 2 is 1.86 bits per heavy atom. The Morgan fingerprint density at radius 3 is 2.29 bits per heavy atom. The van der Waals surface area contributed by atoms with Gasteiger partial charge in [0.25, 0.3) is 11.8 Å². The molecule has 3 N–H and O–H groups in total. The van der Waals surface area contributed by atoms with Crippen LogP contribution in [0.15, 0.2) is 11.1 Å². The van der Waals surface area contributed by atoms with Crippen LogP contribution < -0.4 is 16.2 Å². The van der Waals surface area contributed by atoms with Crippen molar-refractivity contribution in [1.82, 2.24) is 16.2 Å². The van der Waals surface area contributed by atoms with E-state index in [1.165, 1.54) is 6.92 Å². The maximum Gasteiger partial charge on any atom is 0.276 e. The number of rotatable bonds is 3. The minimum absolute atomic E-state index is 0.0947. The summed E-state index contributed by atoms with van der Waals surface area (Å²) in [5.74, 6) is -1.40. The highest BCUT2D eigenvalue weighted by Gasteiger charge is 2.05. The molecule has 7 heteroatoms. The average molecular weight is 264 g/mol. The van der Waals surface area contributed by atoms with E-state index in [-0.39, 0.29) is 16.9 Å². The van der Waals surface area contributed by atoms with E-state index in [2.05, 4.69) is 38.7 Å². The Labute approximate surface area is 89.2 Å². The fourth-order valence-electron chi connectivity index (χ4n) is 0.443. The van der Waals surface area contributed by atoms with Crippen molar-refractivity contribution in [2.45, 2.75) is 6.92 Å². The number of hydrogen-bond acceptors (Lipinski definition) is 3. The zero-order chi connectivity index (χ0) is 11.1. The average Bonchev–Trinajstić information content (AvgIpc) is 2.10. The summed E-state index contributed by atoms with van der Waals surface area (Å²) in [5.41, 5.74) is 4.14. The molecule has 0 aliphatic carbocycles. The first-order valence-corrected chi connectivity index (χ1v) is 4.41.